The molecule has 18 heavy (non-hydrogen) atoms. The second-order valence-electron chi connectivity index (χ2n) is 3.87. The third-order valence-electron chi connectivity index (χ3n) is 2.61. The van der Waals surface area contributed by atoms with Crippen molar-refractivity contribution in [1.82, 2.24) is 15.2 Å². The summed E-state index contributed by atoms with van der Waals surface area (Å²) in [5.41, 5.74) is 7.80. The Morgan fingerprint density at radius 3 is 2.83 bits per heavy atom. The number of nitrogen functional groups attached to an aromatic ring is 1. The summed E-state index contributed by atoms with van der Waals surface area (Å²) in [6, 6.07) is 1.51. The number of nitrogens with zero attached hydrogens (tertiary/aromatic N) is 2. The minimum Gasteiger partial charge on any atom is -0.384 e. The summed E-state index contributed by atoms with van der Waals surface area (Å²) in [6.07, 6.45) is 1.49. The van der Waals surface area contributed by atoms with Gasteiger partial charge in [0.1, 0.15) is 5.82 Å². The maximum atomic E-state index is 12.1. The zero-order valence-corrected chi connectivity index (χ0v) is 11.5. The summed E-state index contributed by atoms with van der Waals surface area (Å²) < 4.78 is 0.583. The second-order valence-corrected chi connectivity index (χ2v) is 4.72. The Morgan fingerprint density at radius 1 is 1.50 bits per heavy atom. The van der Waals surface area contributed by atoms with E-state index in [0.29, 0.717) is 21.7 Å². The number of halogens is 1. The van der Waals surface area contributed by atoms with Crippen molar-refractivity contribution in [2.24, 2.45) is 0 Å². The van der Waals surface area contributed by atoms with Gasteiger partial charge in [-0.05, 0) is 35.8 Å². The number of anilines is 2. The van der Waals surface area contributed by atoms with Crippen LogP contribution in [0.5, 0.6) is 0 Å². The summed E-state index contributed by atoms with van der Waals surface area (Å²) in [6.45, 7) is 3.77. The minimum absolute atomic E-state index is 0.287. The smallest absolute Gasteiger partial charge is 0.258 e. The molecule has 2 rings (SSSR count). The number of rotatable bonds is 2. The molecule has 2 aromatic heterocycles. The summed E-state index contributed by atoms with van der Waals surface area (Å²) >= 11 is 3.26. The van der Waals surface area contributed by atoms with Crippen LogP contribution in [0.2, 0.25) is 0 Å². The molecule has 1 amide bonds. The number of hydrogen-bond acceptors (Lipinski definition) is 4. The van der Waals surface area contributed by atoms with Crippen LogP contribution in [0.4, 0.5) is 11.6 Å². The molecule has 0 fully saturated rings. The fourth-order valence-electron chi connectivity index (χ4n) is 1.41. The number of aromatic nitrogens is 3. The molecule has 6 nitrogen and oxygen atoms in total. The summed E-state index contributed by atoms with van der Waals surface area (Å²) in [4.78, 5) is 15.9. The highest BCUT2D eigenvalue weighted by Gasteiger charge is 2.14. The monoisotopic (exact) mass is 309 g/mol. The molecule has 0 unspecified atom stereocenters. The molecule has 7 heteroatoms. The van der Waals surface area contributed by atoms with E-state index in [4.69, 9.17) is 5.73 Å². The van der Waals surface area contributed by atoms with E-state index in [-0.39, 0.29) is 5.91 Å². The Hall–Kier alpha value is -1.89. The SMILES string of the molecule is Cc1[nH]nc(NC(=O)c2cc(N)ncc2Br)c1C. The van der Waals surface area contributed by atoms with Crippen molar-refractivity contribution in [2.45, 2.75) is 13.8 Å². The lowest BCUT2D eigenvalue weighted by molar-refractivity contribution is 0.102. The minimum atomic E-state index is -0.287. The van der Waals surface area contributed by atoms with Crippen LogP contribution < -0.4 is 11.1 Å². The molecule has 2 aromatic rings. The molecule has 0 saturated heterocycles. The summed E-state index contributed by atoms with van der Waals surface area (Å²) in [5, 5.41) is 9.54. The summed E-state index contributed by atoms with van der Waals surface area (Å²) in [5.74, 6) is 0.517. The number of pyridine rings is 1. The van der Waals surface area contributed by atoms with E-state index < -0.39 is 0 Å². The van der Waals surface area contributed by atoms with Crippen LogP contribution in [0, 0.1) is 13.8 Å². The maximum absolute atomic E-state index is 12.1. The molecule has 0 bridgehead atoms. The summed E-state index contributed by atoms with van der Waals surface area (Å²) in [7, 11) is 0. The molecular weight excluding hydrogens is 298 g/mol. The average molecular weight is 310 g/mol. The van der Waals surface area contributed by atoms with Crippen LogP contribution in [0.25, 0.3) is 0 Å². The van der Waals surface area contributed by atoms with Crippen LogP contribution in [0.15, 0.2) is 16.7 Å². The van der Waals surface area contributed by atoms with Crippen LogP contribution >= 0.6 is 15.9 Å². The average Bonchev–Trinajstić information content (AvgIpc) is 2.64. The van der Waals surface area contributed by atoms with E-state index in [9.17, 15) is 4.79 Å². The molecule has 0 aromatic carbocycles. The van der Waals surface area contributed by atoms with Crippen molar-refractivity contribution in [1.29, 1.82) is 0 Å². The Kier molecular flexibility index (Phi) is 3.33. The first-order chi connectivity index (χ1) is 8.49. The van der Waals surface area contributed by atoms with E-state index >= 15 is 0 Å². The van der Waals surface area contributed by atoms with Crippen LogP contribution in [0.3, 0.4) is 0 Å². The van der Waals surface area contributed by atoms with Crippen LogP contribution in [0.1, 0.15) is 21.6 Å². The topological polar surface area (TPSA) is 96.7 Å². The van der Waals surface area contributed by atoms with Gasteiger partial charge in [0.25, 0.3) is 5.91 Å². The molecule has 0 aliphatic carbocycles. The molecule has 0 aliphatic heterocycles. The number of carbonyl (C=O) groups excluding carboxylic acids is 1. The highest BCUT2D eigenvalue weighted by molar-refractivity contribution is 9.10. The molecule has 0 radical (unpaired) electrons. The number of hydrogen-bond donors (Lipinski definition) is 3. The molecule has 2 heterocycles. The largest absolute Gasteiger partial charge is 0.384 e. The number of amides is 1. The normalized spacial score (nSPS) is 10.4. The fraction of sp³-hybridized carbons (Fsp3) is 0.182. The number of aromatic amines is 1. The van der Waals surface area contributed by atoms with Gasteiger partial charge in [-0.3, -0.25) is 9.89 Å². The molecule has 0 atom stereocenters. The van der Waals surface area contributed by atoms with Crippen molar-refractivity contribution in [3.8, 4) is 0 Å². The number of carbonyl (C=O) groups is 1. The van der Waals surface area contributed by atoms with Gasteiger partial charge in [0.05, 0.1) is 5.56 Å². The molecule has 94 valence electrons. The first-order valence-corrected chi connectivity index (χ1v) is 6.02. The van der Waals surface area contributed by atoms with Crippen molar-refractivity contribution >= 4 is 33.5 Å². The lowest BCUT2D eigenvalue weighted by Gasteiger charge is -2.05. The first-order valence-electron chi connectivity index (χ1n) is 5.23. The number of aryl methyl sites for hydroxylation is 1. The molecule has 0 saturated carbocycles. The van der Waals surface area contributed by atoms with Gasteiger partial charge in [0, 0.05) is 21.9 Å². The van der Waals surface area contributed by atoms with Gasteiger partial charge in [-0.25, -0.2) is 4.98 Å². The Labute approximate surface area is 112 Å². The standard InChI is InChI=1S/C11H12BrN5O/c1-5-6(2)16-17-10(5)15-11(18)7-3-9(13)14-4-8(7)12/h3-4H,1-2H3,(H2,13,14)(H2,15,16,17,18). The zero-order valence-electron chi connectivity index (χ0n) is 9.91. The van der Waals surface area contributed by atoms with Gasteiger partial charge in [-0.15, -0.1) is 0 Å². The van der Waals surface area contributed by atoms with Gasteiger partial charge in [-0.1, -0.05) is 0 Å². The second kappa shape index (κ2) is 4.77. The third kappa shape index (κ3) is 2.35. The van der Waals surface area contributed by atoms with Gasteiger partial charge >= 0.3 is 0 Å². The molecule has 0 aliphatic rings. The quantitative estimate of drug-likeness (QED) is 0.790. The maximum Gasteiger partial charge on any atom is 0.258 e. The van der Waals surface area contributed by atoms with E-state index in [1.165, 1.54) is 12.3 Å². The van der Waals surface area contributed by atoms with Crippen LogP contribution in [-0.4, -0.2) is 21.1 Å². The zero-order chi connectivity index (χ0) is 13.3. The fourth-order valence-corrected chi connectivity index (χ4v) is 1.81. The predicted octanol–water partition coefficient (Wildman–Crippen LogP) is 2.02. The molecular formula is C11H12BrN5O. The number of H-pyrrole nitrogens is 1. The highest BCUT2D eigenvalue weighted by Crippen LogP contribution is 2.20. The van der Waals surface area contributed by atoms with Crippen molar-refractivity contribution in [3.63, 3.8) is 0 Å². The van der Waals surface area contributed by atoms with Crippen molar-refractivity contribution in [3.05, 3.63) is 33.6 Å². The van der Waals surface area contributed by atoms with Gasteiger partial charge in [0.15, 0.2) is 5.82 Å². The lowest BCUT2D eigenvalue weighted by Crippen LogP contribution is -2.14. The van der Waals surface area contributed by atoms with Gasteiger partial charge in [0.2, 0.25) is 0 Å². The molecule has 4 N–H and O–H groups in total. The van der Waals surface area contributed by atoms with E-state index in [2.05, 4.69) is 36.4 Å². The van der Waals surface area contributed by atoms with E-state index in [0.717, 1.165) is 11.3 Å². The van der Waals surface area contributed by atoms with Crippen LogP contribution in [-0.2, 0) is 0 Å². The van der Waals surface area contributed by atoms with E-state index in [1.807, 2.05) is 13.8 Å². The Balaban J connectivity index is 2.27. The Bertz CT molecular complexity index is 607. The number of nitrogens with two attached hydrogens (primary N) is 1. The molecule has 0 spiro atoms. The number of nitrogens with one attached hydrogen (secondary N) is 2. The van der Waals surface area contributed by atoms with E-state index in [1.54, 1.807) is 0 Å². The predicted molar refractivity (Wildman–Crippen MR) is 72.4 cm³/mol. The lowest BCUT2D eigenvalue weighted by atomic mass is 10.2. The first kappa shape index (κ1) is 12.6. The highest BCUT2D eigenvalue weighted by atomic mass is 79.9. The third-order valence-corrected chi connectivity index (χ3v) is 3.24. The van der Waals surface area contributed by atoms with Gasteiger partial charge < -0.3 is 11.1 Å². The van der Waals surface area contributed by atoms with Crippen molar-refractivity contribution in [2.75, 3.05) is 11.1 Å². The Morgan fingerprint density at radius 2 is 2.22 bits per heavy atom. The van der Waals surface area contributed by atoms with Crippen molar-refractivity contribution < 1.29 is 4.79 Å². The van der Waals surface area contributed by atoms with Gasteiger partial charge in [-0.2, -0.15) is 5.10 Å².